The van der Waals surface area contributed by atoms with Crippen LogP contribution in [0.15, 0.2) is 12.1 Å². The molecule has 0 saturated heterocycles. The predicted molar refractivity (Wildman–Crippen MR) is 49.1 cm³/mol. The van der Waals surface area contributed by atoms with Crippen molar-refractivity contribution < 1.29 is 19.2 Å². The van der Waals surface area contributed by atoms with Crippen LogP contribution in [0.25, 0.3) is 0 Å². The van der Waals surface area contributed by atoms with Crippen LogP contribution in [-0.2, 0) is 11.2 Å². The lowest BCUT2D eigenvalue weighted by molar-refractivity contribution is -0.385. The summed E-state index contributed by atoms with van der Waals surface area (Å²) in [5.74, 6) is -1.96. The summed E-state index contributed by atoms with van der Waals surface area (Å²) >= 11 is 0. The van der Waals surface area contributed by atoms with Gasteiger partial charge in [0.15, 0.2) is 0 Å². The third-order valence-electron chi connectivity index (χ3n) is 1.99. The maximum Gasteiger partial charge on any atom is 0.307 e. The zero-order valence-electron chi connectivity index (χ0n) is 7.86. The summed E-state index contributed by atoms with van der Waals surface area (Å²) in [6.45, 7) is 1.40. The Labute approximate surface area is 84.3 Å². The zero-order chi connectivity index (χ0) is 11.6. The monoisotopic (exact) mass is 213 g/mol. The minimum absolute atomic E-state index is 0.120. The van der Waals surface area contributed by atoms with Crippen LogP contribution in [0, 0.1) is 22.9 Å². The van der Waals surface area contributed by atoms with Crippen molar-refractivity contribution in [1.29, 1.82) is 0 Å². The van der Waals surface area contributed by atoms with Crippen molar-refractivity contribution in [3.05, 3.63) is 39.2 Å². The third-order valence-corrected chi connectivity index (χ3v) is 1.99. The Kier molecular flexibility index (Phi) is 2.99. The molecule has 0 fully saturated rings. The Bertz CT molecular complexity index is 430. The number of carboxylic acids is 1. The van der Waals surface area contributed by atoms with Crippen molar-refractivity contribution in [2.45, 2.75) is 13.3 Å². The van der Waals surface area contributed by atoms with Crippen molar-refractivity contribution in [2.75, 3.05) is 0 Å². The van der Waals surface area contributed by atoms with E-state index < -0.39 is 28.8 Å². The first-order valence-corrected chi connectivity index (χ1v) is 4.07. The molecule has 0 aromatic heterocycles. The number of benzene rings is 1. The molecule has 0 aliphatic carbocycles. The summed E-state index contributed by atoms with van der Waals surface area (Å²) in [4.78, 5) is 20.2. The van der Waals surface area contributed by atoms with Gasteiger partial charge >= 0.3 is 5.97 Å². The number of carbonyl (C=O) groups is 1. The molecule has 80 valence electrons. The van der Waals surface area contributed by atoms with E-state index in [9.17, 15) is 19.3 Å². The van der Waals surface area contributed by atoms with Crippen LogP contribution in [0.2, 0.25) is 0 Å². The van der Waals surface area contributed by atoms with Crippen LogP contribution >= 0.6 is 0 Å². The maximum absolute atomic E-state index is 12.9. The zero-order valence-corrected chi connectivity index (χ0v) is 7.86. The molecule has 0 amide bonds. The van der Waals surface area contributed by atoms with Gasteiger partial charge in [0.05, 0.1) is 17.4 Å². The van der Waals surface area contributed by atoms with E-state index in [0.29, 0.717) is 0 Å². The minimum atomic E-state index is -1.15. The van der Waals surface area contributed by atoms with Crippen LogP contribution in [-0.4, -0.2) is 16.0 Å². The molecule has 1 aromatic rings. The first kappa shape index (κ1) is 11.1. The molecule has 15 heavy (non-hydrogen) atoms. The number of nitro groups is 1. The Morgan fingerprint density at radius 1 is 1.60 bits per heavy atom. The van der Waals surface area contributed by atoms with E-state index in [0.717, 1.165) is 12.1 Å². The van der Waals surface area contributed by atoms with Gasteiger partial charge in [-0.25, -0.2) is 4.39 Å². The van der Waals surface area contributed by atoms with Crippen molar-refractivity contribution in [3.8, 4) is 0 Å². The number of hydrogen-bond acceptors (Lipinski definition) is 3. The van der Waals surface area contributed by atoms with Crippen molar-refractivity contribution in [2.24, 2.45) is 0 Å². The number of aliphatic carboxylic acids is 1. The number of rotatable bonds is 3. The van der Waals surface area contributed by atoms with Crippen LogP contribution < -0.4 is 0 Å². The maximum atomic E-state index is 12.9. The van der Waals surface area contributed by atoms with E-state index >= 15 is 0 Å². The van der Waals surface area contributed by atoms with Gasteiger partial charge in [0, 0.05) is 5.56 Å². The number of carboxylic acid groups (broad SMARTS) is 1. The third kappa shape index (κ3) is 2.49. The molecule has 1 rings (SSSR count). The summed E-state index contributed by atoms with van der Waals surface area (Å²) in [5.41, 5.74) is -0.0933. The summed E-state index contributed by atoms with van der Waals surface area (Å²) in [5, 5.41) is 19.0. The number of nitro benzene ring substituents is 1. The topological polar surface area (TPSA) is 80.4 Å². The summed E-state index contributed by atoms with van der Waals surface area (Å²) in [7, 11) is 0. The molecule has 0 saturated carbocycles. The Morgan fingerprint density at radius 2 is 2.20 bits per heavy atom. The van der Waals surface area contributed by atoms with E-state index in [1.165, 1.54) is 6.92 Å². The van der Waals surface area contributed by atoms with E-state index in [4.69, 9.17) is 5.11 Å². The van der Waals surface area contributed by atoms with Crippen LogP contribution in [0.4, 0.5) is 10.1 Å². The first-order valence-electron chi connectivity index (χ1n) is 4.07. The van der Waals surface area contributed by atoms with Gasteiger partial charge in [-0.15, -0.1) is 0 Å². The molecule has 0 unspecified atom stereocenters. The fourth-order valence-corrected chi connectivity index (χ4v) is 1.26. The van der Waals surface area contributed by atoms with Crippen LogP contribution in [0.5, 0.6) is 0 Å². The Hall–Kier alpha value is -1.98. The quantitative estimate of drug-likeness (QED) is 0.611. The highest BCUT2D eigenvalue weighted by Gasteiger charge is 2.17. The number of hydrogen-bond donors (Lipinski definition) is 1. The molecule has 1 aromatic carbocycles. The van der Waals surface area contributed by atoms with Gasteiger partial charge in [-0.05, 0) is 18.6 Å². The normalized spacial score (nSPS) is 10.0. The second-order valence-corrected chi connectivity index (χ2v) is 3.04. The lowest BCUT2D eigenvalue weighted by Crippen LogP contribution is -2.04. The predicted octanol–water partition coefficient (Wildman–Crippen LogP) is 1.67. The summed E-state index contributed by atoms with van der Waals surface area (Å²) in [6.07, 6.45) is -0.426. The molecule has 0 atom stereocenters. The standard InChI is InChI=1S/C9H8FNO4/c1-5-6(3-9(12)13)2-7(10)4-8(5)11(14)15/h2,4H,3H2,1H3,(H,12,13). The lowest BCUT2D eigenvalue weighted by atomic mass is 10.0. The van der Waals surface area contributed by atoms with E-state index in [-0.39, 0.29) is 11.1 Å². The average Bonchev–Trinajstić information content (AvgIpc) is 2.09. The van der Waals surface area contributed by atoms with Gasteiger partial charge in [0.1, 0.15) is 5.82 Å². The van der Waals surface area contributed by atoms with Crippen LogP contribution in [0.3, 0.4) is 0 Å². The molecule has 5 nitrogen and oxygen atoms in total. The molecular weight excluding hydrogens is 205 g/mol. The molecule has 0 heterocycles. The van der Waals surface area contributed by atoms with E-state index in [2.05, 4.69) is 0 Å². The van der Waals surface area contributed by atoms with E-state index in [1.807, 2.05) is 0 Å². The highest BCUT2D eigenvalue weighted by atomic mass is 19.1. The second kappa shape index (κ2) is 4.04. The van der Waals surface area contributed by atoms with Gasteiger partial charge in [-0.3, -0.25) is 14.9 Å². The van der Waals surface area contributed by atoms with Gasteiger partial charge < -0.3 is 5.11 Å². The van der Waals surface area contributed by atoms with Crippen molar-refractivity contribution in [3.63, 3.8) is 0 Å². The smallest absolute Gasteiger partial charge is 0.307 e. The molecule has 0 spiro atoms. The molecular formula is C9H8FNO4. The number of halogens is 1. The second-order valence-electron chi connectivity index (χ2n) is 3.04. The molecule has 1 N–H and O–H groups in total. The van der Waals surface area contributed by atoms with Crippen LogP contribution in [0.1, 0.15) is 11.1 Å². The van der Waals surface area contributed by atoms with Gasteiger partial charge in [0.2, 0.25) is 0 Å². The lowest BCUT2D eigenvalue weighted by Gasteiger charge is -2.03. The SMILES string of the molecule is Cc1c(CC(=O)O)cc(F)cc1[N+](=O)[O-]. The molecule has 0 radical (unpaired) electrons. The molecule has 0 aliphatic rings. The highest BCUT2D eigenvalue weighted by Crippen LogP contribution is 2.23. The number of nitrogens with zero attached hydrogens (tertiary/aromatic N) is 1. The first-order chi connectivity index (χ1) is 6.91. The average molecular weight is 213 g/mol. The van der Waals surface area contributed by atoms with Gasteiger partial charge in [0.25, 0.3) is 5.69 Å². The fourth-order valence-electron chi connectivity index (χ4n) is 1.26. The molecule has 6 heteroatoms. The minimum Gasteiger partial charge on any atom is -0.481 e. The Morgan fingerprint density at radius 3 is 2.67 bits per heavy atom. The summed E-state index contributed by atoms with van der Waals surface area (Å²) < 4.78 is 12.9. The largest absolute Gasteiger partial charge is 0.481 e. The highest BCUT2D eigenvalue weighted by molar-refractivity contribution is 5.71. The summed E-state index contributed by atoms with van der Waals surface area (Å²) in [6, 6.07) is 1.77. The molecule has 0 bridgehead atoms. The van der Waals surface area contributed by atoms with Crippen molar-refractivity contribution >= 4 is 11.7 Å². The van der Waals surface area contributed by atoms with Crippen molar-refractivity contribution in [1.82, 2.24) is 0 Å². The van der Waals surface area contributed by atoms with Gasteiger partial charge in [-0.2, -0.15) is 0 Å². The van der Waals surface area contributed by atoms with Gasteiger partial charge in [-0.1, -0.05) is 0 Å². The molecule has 0 aliphatic heterocycles. The Balaban J connectivity index is 3.28. The van der Waals surface area contributed by atoms with E-state index in [1.54, 1.807) is 0 Å². The fraction of sp³-hybridized carbons (Fsp3) is 0.222.